The summed E-state index contributed by atoms with van der Waals surface area (Å²) in [6.45, 7) is 5.56. The highest BCUT2D eigenvalue weighted by atomic mass is 35.5. The number of carbonyl (C=O) groups excluding carboxylic acids is 2. The lowest BCUT2D eigenvalue weighted by Crippen LogP contribution is -2.50. The first-order valence-corrected chi connectivity index (χ1v) is 16.6. The molecule has 2 aromatic rings. The van der Waals surface area contributed by atoms with Crippen molar-refractivity contribution in [1.29, 1.82) is 0 Å². The summed E-state index contributed by atoms with van der Waals surface area (Å²) in [5.41, 5.74) is 1.50. The largest absolute Gasteiger partial charge is 0.490 e. The van der Waals surface area contributed by atoms with Gasteiger partial charge in [-0.3, -0.25) is 9.59 Å². The van der Waals surface area contributed by atoms with Crippen LogP contribution in [0.3, 0.4) is 0 Å². The SMILES string of the molecule is CC[C@H]1C(=O)N(C)CC/C=C/[C@H](O)[C@@H]2CC[C@H]2CN2C[C@@]3(CCCc4cc(Cl)ccc43)COc3ccc(cc32)[C@]1(O)C(C)=O. The van der Waals surface area contributed by atoms with E-state index in [-0.39, 0.29) is 23.2 Å². The highest BCUT2D eigenvalue weighted by Gasteiger charge is 2.49. The third kappa shape index (κ3) is 5.35. The monoisotopic (exact) mass is 620 g/mol. The molecule has 1 fully saturated rings. The van der Waals surface area contributed by atoms with Crippen molar-refractivity contribution in [2.75, 3.05) is 38.2 Å². The Morgan fingerprint density at radius 3 is 2.73 bits per heavy atom. The van der Waals surface area contributed by atoms with Crippen molar-refractivity contribution in [2.24, 2.45) is 17.8 Å². The van der Waals surface area contributed by atoms with E-state index in [4.69, 9.17) is 16.3 Å². The van der Waals surface area contributed by atoms with Crippen LogP contribution in [0.5, 0.6) is 5.75 Å². The number of aryl methyl sites for hydroxylation is 1. The quantitative estimate of drug-likeness (QED) is 0.436. The molecule has 1 spiro atoms. The first kappa shape index (κ1) is 31.1. The average Bonchev–Trinajstić information content (AvgIpc) is 3.13. The number of aliphatic hydroxyl groups excluding tert-OH is 1. The molecular formula is C36H45ClN2O5. The number of hydrogen-bond acceptors (Lipinski definition) is 6. The number of aliphatic hydroxyl groups is 2. The zero-order valence-corrected chi connectivity index (χ0v) is 26.9. The first-order chi connectivity index (χ1) is 21.1. The molecule has 2 bridgehead atoms. The standard InChI is InChI=1S/C36H45ClN2O5/c1-4-29-34(42)38(3)17-6-5-9-32(41)28-13-10-25(28)20-39-21-35(16-7-8-24-18-27(37)12-14-30(24)35)22-44-33-15-11-26(19-31(33)39)36(29,43)23(2)40/h5,9,11-12,14-15,18-19,25,28-29,32,41,43H,4,6-8,10,13,16-17,20-22H2,1-3H3/b9-5+/t25-,28+,29-,32-,35-,36+/m0/s1. The maximum absolute atomic E-state index is 13.7. The first-order valence-electron chi connectivity index (χ1n) is 16.2. The summed E-state index contributed by atoms with van der Waals surface area (Å²) in [4.78, 5) is 31.0. The molecule has 7 nitrogen and oxygen atoms in total. The molecule has 2 aromatic carbocycles. The predicted octanol–water partition coefficient (Wildman–Crippen LogP) is 5.42. The van der Waals surface area contributed by atoms with E-state index >= 15 is 0 Å². The zero-order valence-electron chi connectivity index (χ0n) is 26.1. The van der Waals surface area contributed by atoms with Crippen molar-refractivity contribution in [3.05, 3.63) is 70.3 Å². The van der Waals surface area contributed by atoms with Gasteiger partial charge in [-0.2, -0.15) is 0 Å². The van der Waals surface area contributed by atoms with E-state index in [1.807, 2.05) is 37.3 Å². The van der Waals surface area contributed by atoms with Crippen LogP contribution in [0.2, 0.25) is 5.02 Å². The van der Waals surface area contributed by atoms with E-state index in [1.54, 1.807) is 18.0 Å². The van der Waals surface area contributed by atoms with Crippen LogP contribution in [-0.2, 0) is 27.0 Å². The molecule has 0 aromatic heterocycles. The number of rotatable bonds is 2. The molecule has 4 aliphatic rings. The number of nitrogens with zero attached hydrogens (tertiary/aromatic N) is 2. The highest BCUT2D eigenvalue weighted by molar-refractivity contribution is 6.30. The minimum Gasteiger partial charge on any atom is -0.490 e. The molecule has 1 amide bonds. The maximum atomic E-state index is 13.7. The number of amides is 1. The molecule has 6 rings (SSSR count). The van der Waals surface area contributed by atoms with Gasteiger partial charge in [-0.05, 0) is 105 Å². The smallest absolute Gasteiger partial charge is 0.229 e. The summed E-state index contributed by atoms with van der Waals surface area (Å²) < 4.78 is 6.64. The van der Waals surface area contributed by atoms with Crippen LogP contribution >= 0.6 is 11.6 Å². The fourth-order valence-electron chi connectivity index (χ4n) is 8.23. The third-order valence-electron chi connectivity index (χ3n) is 10.9. The van der Waals surface area contributed by atoms with Crippen LogP contribution < -0.4 is 9.64 Å². The lowest BCUT2D eigenvalue weighted by Gasteiger charge is -2.45. The van der Waals surface area contributed by atoms with Gasteiger partial charge in [0.15, 0.2) is 11.4 Å². The van der Waals surface area contributed by atoms with Crippen molar-refractivity contribution in [1.82, 2.24) is 4.90 Å². The predicted molar refractivity (Wildman–Crippen MR) is 172 cm³/mol. The van der Waals surface area contributed by atoms with E-state index < -0.39 is 23.4 Å². The van der Waals surface area contributed by atoms with Gasteiger partial charge >= 0.3 is 0 Å². The van der Waals surface area contributed by atoms with Gasteiger partial charge in [0, 0.05) is 37.1 Å². The summed E-state index contributed by atoms with van der Waals surface area (Å²) in [6.07, 6.45) is 9.12. The van der Waals surface area contributed by atoms with Crippen LogP contribution in [0.15, 0.2) is 48.6 Å². The van der Waals surface area contributed by atoms with E-state index in [1.165, 1.54) is 18.1 Å². The van der Waals surface area contributed by atoms with E-state index in [0.29, 0.717) is 43.9 Å². The number of Topliss-reactive ketones (excluding diaryl/α,β-unsaturated/α-hetero) is 1. The Balaban J connectivity index is 1.49. The number of halogens is 1. The van der Waals surface area contributed by atoms with Gasteiger partial charge in [0.05, 0.1) is 24.3 Å². The number of carbonyl (C=O) groups is 2. The van der Waals surface area contributed by atoms with E-state index in [2.05, 4.69) is 17.0 Å². The second kappa shape index (κ2) is 12.1. The molecule has 2 heterocycles. The fraction of sp³-hybridized carbons (Fsp3) is 0.556. The number of benzene rings is 2. The van der Waals surface area contributed by atoms with Crippen molar-refractivity contribution in [3.8, 4) is 5.75 Å². The van der Waals surface area contributed by atoms with Gasteiger partial charge in [0.1, 0.15) is 5.75 Å². The van der Waals surface area contributed by atoms with Crippen LogP contribution in [0, 0.1) is 17.8 Å². The summed E-state index contributed by atoms with van der Waals surface area (Å²) in [6, 6.07) is 11.7. The molecule has 0 saturated heterocycles. The lowest BCUT2D eigenvalue weighted by atomic mass is 9.68. The van der Waals surface area contributed by atoms with Crippen molar-refractivity contribution < 1.29 is 24.5 Å². The van der Waals surface area contributed by atoms with Crippen LogP contribution in [-0.4, -0.2) is 66.2 Å². The summed E-state index contributed by atoms with van der Waals surface area (Å²) in [7, 11) is 1.71. The molecule has 6 atom stereocenters. The molecule has 8 heteroatoms. The summed E-state index contributed by atoms with van der Waals surface area (Å²) >= 11 is 6.42. The van der Waals surface area contributed by atoms with E-state index in [0.717, 1.165) is 49.4 Å². The number of hydrogen-bond donors (Lipinski definition) is 2. The highest BCUT2D eigenvalue weighted by Crippen LogP contribution is 2.48. The molecule has 2 aliphatic carbocycles. The zero-order chi connectivity index (χ0) is 31.2. The number of ketones is 1. The molecule has 236 valence electrons. The Labute approximate surface area is 265 Å². The van der Waals surface area contributed by atoms with E-state index in [9.17, 15) is 19.8 Å². The Bertz CT molecular complexity index is 1460. The molecule has 0 radical (unpaired) electrons. The molecule has 44 heavy (non-hydrogen) atoms. The molecule has 2 N–H and O–H groups in total. The Morgan fingerprint density at radius 2 is 2.00 bits per heavy atom. The Kier molecular flexibility index (Phi) is 8.59. The van der Waals surface area contributed by atoms with Crippen molar-refractivity contribution in [3.63, 3.8) is 0 Å². The summed E-state index contributed by atoms with van der Waals surface area (Å²) in [5.74, 6) is -0.549. The van der Waals surface area contributed by atoms with Crippen LogP contribution in [0.25, 0.3) is 0 Å². The molecule has 2 aliphatic heterocycles. The van der Waals surface area contributed by atoms with Gasteiger partial charge in [-0.1, -0.05) is 42.8 Å². The Morgan fingerprint density at radius 1 is 1.18 bits per heavy atom. The number of ether oxygens (including phenoxy) is 1. The second-order valence-electron chi connectivity index (χ2n) is 13.5. The van der Waals surface area contributed by atoms with Gasteiger partial charge in [0.25, 0.3) is 0 Å². The van der Waals surface area contributed by atoms with Crippen molar-refractivity contribution >= 4 is 29.0 Å². The van der Waals surface area contributed by atoms with Gasteiger partial charge in [-0.25, -0.2) is 0 Å². The fourth-order valence-corrected chi connectivity index (χ4v) is 8.42. The van der Waals surface area contributed by atoms with Crippen molar-refractivity contribution in [2.45, 2.75) is 75.9 Å². The summed E-state index contributed by atoms with van der Waals surface area (Å²) in [5, 5.41) is 24.1. The average molecular weight is 621 g/mol. The normalized spacial score (nSPS) is 33.0. The second-order valence-corrected chi connectivity index (χ2v) is 14.0. The Hall–Kier alpha value is -2.87. The molecule has 0 unspecified atom stereocenters. The van der Waals surface area contributed by atoms with Gasteiger partial charge in [0.2, 0.25) is 5.91 Å². The molecule has 1 saturated carbocycles. The van der Waals surface area contributed by atoms with Gasteiger partial charge < -0.3 is 24.7 Å². The molecular weight excluding hydrogens is 576 g/mol. The minimum atomic E-state index is -1.99. The van der Waals surface area contributed by atoms with Crippen LogP contribution in [0.1, 0.15) is 69.1 Å². The number of fused-ring (bicyclic) bond motifs is 4. The number of anilines is 1. The lowest BCUT2D eigenvalue weighted by molar-refractivity contribution is -0.156. The topological polar surface area (TPSA) is 90.3 Å². The third-order valence-corrected chi connectivity index (χ3v) is 11.2. The minimum absolute atomic E-state index is 0.140. The van der Waals surface area contributed by atoms with Crippen LogP contribution in [0.4, 0.5) is 5.69 Å². The maximum Gasteiger partial charge on any atom is 0.229 e. The van der Waals surface area contributed by atoms with Gasteiger partial charge in [-0.15, -0.1) is 0 Å².